The zero-order valence-corrected chi connectivity index (χ0v) is 12.1. The molecule has 1 amide bonds. The Bertz CT molecular complexity index is 485. The summed E-state index contributed by atoms with van der Waals surface area (Å²) in [4.78, 5) is 16.1. The van der Waals surface area contributed by atoms with Gasteiger partial charge in [0.15, 0.2) is 0 Å². The van der Waals surface area contributed by atoms with E-state index in [1.165, 1.54) is 11.3 Å². The van der Waals surface area contributed by atoms with Crippen LogP contribution in [0.1, 0.15) is 37.8 Å². The van der Waals surface area contributed by atoms with Crippen LogP contribution < -0.4 is 10.6 Å². The van der Waals surface area contributed by atoms with Gasteiger partial charge in [0.2, 0.25) is 5.91 Å². The van der Waals surface area contributed by atoms with Crippen molar-refractivity contribution in [2.24, 2.45) is 5.73 Å². The molecule has 1 aromatic carbocycles. The number of nitrogens with two attached hydrogens (primary N) is 1. The van der Waals surface area contributed by atoms with Gasteiger partial charge < -0.3 is 15.5 Å². The third-order valence-electron chi connectivity index (χ3n) is 4.62. The maximum absolute atomic E-state index is 11.7. The number of rotatable bonds is 3. The summed E-state index contributed by atoms with van der Waals surface area (Å²) in [5.41, 5.74) is 8.50. The van der Waals surface area contributed by atoms with Crippen LogP contribution in [-0.4, -0.2) is 36.5 Å². The highest BCUT2D eigenvalue weighted by atomic mass is 16.2. The largest absolute Gasteiger partial charge is 0.368 e. The number of hydrogen-bond acceptors (Lipinski definition) is 3. The molecule has 1 aromatic rings. The van der Waals surface area contributed by atoms with Crippen LogP contribution in [-0.2, 0) is 4.79 Å². The molecular formula is C16H23N3O. The van der Waals surface area contributed by atoms with Gasteiger partial charge >= 0.3 is 0 Å². The van der Waals surface area contributed by atoms with Gasteiger partial charge in [-0.25, -0.2) is 0 Å². The van der Waals surface area contributed by atoms with E-state index in [2.05, 4.69) is 41.0 Å². The van der Waals surface area contributed by atoms with E-state index in [0.29, 0.717) is 11.9 Å². The molecule has 0 spiro atoms. The quantitative estimate of drug-likeness (QED) is 0.915. The summed E-state index contributed by atoms with van der Waals surface area (Å²) in [7, 11) is 0. The number of carbonyl (C=O) groups is 1. The molecule has 2 aliphatic heterocycles. The number of amides is 1. The van der Waals surface area contributed by atoms with Gasteiger partial charge in [-0.2, -0.15) is 0 Å². The molecule has 2 atom stereocenters. The Hall–Kier alpha value is -1.55. The summed E-state index contributed by atoms with van der Waals surface area (Å²) >= 11 is 0. The molecule has 0 bridgehead atoms. The standard InChI is InChI=1S/C16H23N3O/c1-2-15(17)12-3-5-13(6-4-12)18-9-10-19-14(11-18)7-8-16(19)20/h3-6,14-15H,2,7-11,17H2,1H3/t14?,15-/m1/s1. The number of piperazine rings is 1. The second kappa shape index (κ2) is 5.44. The highest BCUT2D eigenvalue weighted by Gasteiger charge is 2.35. The summed E-state index contributed by atoms with van der Waals surface area (Å²) in [6.07, 6.45) is 2.69. The van der Waals surface area contributed by atoms with Crippen molar-refractivity contribution in [3.63, 3.8) is 0 Å². The Morgan fingerprint density at radius 2 is 2.05 bits per heavy atom. The van der Waals surface area contributed by atoms with Crippen LogP contribution >= 0.6 is 0 Å². The summed E-state index contributed by atoms with van der Waals surface area (Å²) in [5, 5.41) is 0. The maximum atomic E-state index is 11.7. The second-order valence-electron chi connectivity index (χ2n) is 5.83. The predicted molar refractivity (Wildman–Crippen MR) is 80.6 cm³/mol. The van der Waals surface area contributed by atoms with Crippen molar-refractivity contribution < 1.29 is 4.79 Å². The van der Waals surface area contributed by atoms with E-state index in [9.17, 15) is 4.79 Å². The summed E-state index contributed by atoms with van der Waals surface area (Å²) in [6, 6.07) is 9.14. The number of benzene rings is 1. The molecule has 0 saturated carbocycles. The fourth-order valence-corrected chi connectivity index (χ4v) is 3.27. The van der Waals surface area contributed by atoms with Crippen molar-refractivity contribution >= 4 is 11.6 Å². The minimum atomic E-state index is 0.133. The first-order valence-electron chi connectivity index (χ1n) is 7.59. The lowest BCUT2D eigenvalue weighted by atomic mass is 10.0. The van der Waals surface area contributed by atoms with Crippen LogP contribution in [0.3, 0.4) is 0 Å². The van der Waals surface area contributed by atoms with Crippen molar-refractivity contribution in [1.82, 2.24) is 4.90 Å². The minimum Gasteiger partial charge on any atom is -0.368 e. The van der Waals surface area contributed by atoms with E-state index in [1.54, 1.807) is 0 Å². The van der Waals surface area contributed by atoms with Crippen LogP contribution in [0.4, 0.5) is 5.69 Å². The van der Waals surface area contributed by atoms with E-state index >= 15 is 0 Å². The number of fused-ring (bicyclic) bond motifs is 1. The molecule has 0 aromatic heterocycles. The van der Waals surface area contributed by atoms with Gasteiger partial charge in [-0.3, -0.25) is 4.79 Å². The predicted octanol–water partition coefficient (Wildman–Crippen LogP) is 1.91. The topological polar surface area (TPSA) is 49.6 Å². The normalized spacial score (nSPS) is 23.9. The molecule has 0 aliphatic carbocycles. The fraction of sp³-hybridized carbons (Fsp3) is 0.562. The van der Waals surface area contributed by atoms with Crippen LogP contribution in [0.2, 0.25) is 0 Å². The Morgan fingerprint density at radius 1 is 1.30 bits per heavy atom. The monoisotopic (exact) mass is 273 g/mol. The molecule has 1 unspecified atom stereocenters. The molecule has 108 valence electrons. The molecule has 2 heterocycles. The molecule has 20 heavy (non-hydrogen) atoms. The van der Waals surface area contributed by atoms with Crippen molar-refractivity contribution in [3.8, 4) is 0 Å². The van der Waals surface area contributed by atoms with Gasteiger partial charge in [0.25, 0.3) is 0 Å². The fourth-order valence-electron chi connectivity index (χ4n) is 3.27. The molecule has 0 radical (unpaired) electrons. The van der Waals surface area contributed by atoms with Gasteiger partial charge in [0.1, 0.15) is 0 Å². The highest BCUT2D eigenvalue weighted by molar-refractivity contribution is 5.79. The van der Waals surface area contributed by atoms with Crippen LogP contribution in [0.15, 0.2) is 24.3 Å². The Balaban J connectivity index is 1.69. The number of anilines is 1. The average Bonchev–Trinajstić information content (AvgIpc) is 2.87. The molecular weight excluding hydrogens is 250 g/mol. The van der Waals surface area contributed by atoms with Crippen LogP contribution in [0, 0.1) is 0 Å². The number of carbonyl (C=O) groups excluding carboxylic acids is 1. The molecule has 2 aliphatic rings. The lowest BCUT2D eigenvalue weighted by molar-refractivity contribution is -0.129. The number of nitrogens with zero attached hydrogens (tertiary/aromatic N) is 2. The smallest absolute Gasteiger partial charge is 0.223 e. The van der Waals surface area contributed by atoms with E-state index in [0.717, 1.165) is 38.9 Å². The first-order valence-corrected chi connectivity index (χ1v) is 7.59. The van der Waals surface area contributed by atoms with Crippen LogP contribution in [0.25, 0.3) is 0 Å². The Kier molecular flexibility index (Phi) is 3.66. The Morgan fingerprint density at radius 3 is 2.75 bits per heavy atom. The maximum Gasteiger partial charge on any atom is 0.223 e. The first kappa shape index (κ1) is 13.4. The molecule has 3 rings (SSSR count). The van der Waals surface area contributed by atoms with Crippen molar-refractivity contribution in [1.29, 1.82) is 0 Å². The van der Waals surface area contributed by atoms with E-state index in [1.807, 2.05) is 0 Å². The van der Waals surface area contributed by atoms with E-state index in [4.69, 9.17) is 5.73 Å². The van der Waals surface area contributed by atoms with Gasteiger partial charge in [-0.15, -0.1) is 0 Å². The lowest BCUT2D eigenvalue weighted by Crippen LogP contribution is -2.51. The van der Waals surface area contributed by atoms with E-state index in [-0.39, 0.29) is 6.04 Å². The van der Waals surface area contributed by atoms with Crippen molar-refractivity contribution in [2.45, 2.75) is 38.3 Å². The molecule has 4 nitrogen and oxygen atoms in total. The third-order valence-corrected chi connectivity index (χ3v) is 4.62. The summed E-state index contributed by atoms with van der Waals surface area (Å²) in [5.74, 6) is 0.332. The zero-order valence-electron chi connectivity index (χ0n) is 12.1. The molecule has 4 heteroatoms. The third kappa shape index (κ3) is 2.40. The molecule has 2 saturated heterocycles. The van der Waals surface area contributed by atoms with Crippen LogP contribution in [0.5, 0.6) is 0 Å². The second-order valence-corrected chi connectivity index (χ2v) is 5.83. The van der Waals surface area contributed by atoms with E-state index < -0.39 is 0 Å². The number of hydrogen-bond donors (Lipinski definition) is 1. The molecule has 2 N–H and O–H groups in total. The average molecular weight is 273 g/mol. The first-order chi connectivity index (χ1) is 9.69. The summed E-state index contributed by atoms with van der Waals surface area (Å²) < 4.78 is 0. The van der Waals surface area contributed by atoms with Crippen molar-refractivity contribution in [2.75, 3.05) is 24.5 Å². The zero-order chi connectivity index (χ0) is 14.1. The summed E-state index contributed by atoms with van der Waals surface area (Å²) in [6.45, 7) is 4.86. The van der Waals surface area contributed by atoms with Gasteiger partial charge in [0.05, 0.1) is 0 Å². The Labute approximate surface area is 120 Å². The molecule has 2 fully saturated rings. The lowest BCUT2D eigenvalue weighted by Gasteiger charge is -2.39. The van der Waals surface area contributed by atoms with Gasteiger partial charge in [0, 0.05) is 43.8 Å². The minimum absolute atomic E-state index is 0.133. The van der Waals surface area contributed by atoms with Crippen molar-refractivity contribution in [3.05, 3.63) is 29.8 Å². The highest BCUT2D eigenvalue weighted by Crippen LogP contribution is 2.27. The SMILES string of the molecule is CC[C@@H](N)c1ccc(N2CCN3C(=O)CCC3C2)cc1. The van der Waals surface area contributed by atoms with Gasteiger partial charge in [-0.1, -0.05) is 19.1 Å². The van der Waals surface area contributed by atoms with Gasteiger partial charge in [-0.05, 0) is 30.5 Å².